The predicted octanol–water partition coefficient (Wildman–Crippen LogP) is 14.4. The van der Waals surface area contributed by atoms with Gasteiger partial charge in [0.15, 0.2) is 5.82 Å². The Kier molecular flexibility index (Phi) is 7.53. The first-order chi connectivity index (χ1) is 27.7. The molecule has 1 aromatic heterocycles. The van der Waals surface area contributed by atoms with E-state index in [1.54, 1.807) is 0 Å². The summed E-state index contributed by atoms with van der Waals surface area (Å²) < 4.78 is 0. The fourth-order valence-electron chi connectivity index (χ4n) is 8.56. The summed E-state index contributed by atoms with van der Waals surface area (Å²) in [5.74, 6) is 0.703. The molecule has 0 aliphatic heterocycles. The lowest BCUT2D eigenvalue weighted by atomic mass is 9.90. The Morgan fingerprint density at radius 2 is 0.750 bits per heavy atom. The second-order valence-corrected chi connectivity index (χ2v) is 14.5. The van der Waals surface area contributed by atoms with Gasteiger partial charge in [0.05, 0.1) is 11.4 Å². The number of fused-ring (bicyclic) bond motifs is 4. The Morgan fingerprint density at radius 3 is 1.48 bits per heavy atom. The van der Waals surface area contributed by atoms with Crippen molar-refractivity contribution in [1.82, 2.24) is 9.97 Å². The zero-order valence-electron chi connectivity index (χ0n) is 30.5. The molecule has 0 radical (unpaired) electrons. The molecule has 0 spiro atoms. The van der Waals surface area contributed by atoms with Gasteiger partial charge in [-0.2, -0.15) is 0 Å². The number of aromatic nitrogens is 2. The third-order valence-corrected chi connectivity index (χ3v) is 11.2. The molecule has 0 unspecified atom stereocenters. The van der Waals surface area contributed by atoms with Crippen molar-refractivity contribution in [2.24, 2.45) is 0 Å². The van der Waals surface area contributed by atoms with Crippen LogP contribution in [0.4, 0.5) is 0 Å². The van der Waals surface area contributed by atoms with Gasteiger partial charge in [-0.3, -0.25) is 0 Å². The van der Waals surface area contributed by atoms with Crippen molar-refractivity contribution in [2.45, 2.75) is 0 Å². The summed E-state index contributed by atoms with van der Waals surface area (Å²) in [5.41, 5.74) is 17.3. The second-order valence-electron chi connectivity index (χ2n) is 14.5. The Labute approximate surface area is 326 Å². The molecule has 2 nitrogen and oxygen atoms in total. The van der Waals surface area contributed by atoms with E-state index in [1.807, 2.05) is 12.1 Å². The molecule has 56 heavy (non-hydrogen) atoms. The maximum Gasteiger partial charge on any atom is 0.160 e. The summed E-state index contributed by atoms with van der Waals surface area (Å²) >= 11 is 0. The van der Waals surface area contributed by atoms with Crippen LogP contribution in [0, 0.1) is 0 Å². The molecular formula is C54H34N2. The third kappa shape index (κ3) is 5.42. The number of hydrogen-bond acceptors (Lipinski definition) is 2. The summed E-state index contributed by atoms with van der Waals surface area (Å²) in [6, 6.07) is 74.0. The van der Waals surface area contributed by atoms with E-state index < -0.39 is 0 Å². The van der Waals surface area contributed by atoms with E-state index in [4.69, 9.17) is 9.97 Å². The normalized spacial score (nSPS) is 11.6. The maximum atomic E-state index is 5.12. The molecule has 10 aromatic rings. The van der Waals surface area contributed by atoms with Crippen LogP contribution in [0.1, 0.15) is 0 Å². The van der Waals surface area contributed by atoms with Crippen LogP contribution in [-0.2, 0) is 0 Å². The van der Waals surface area contributed by atoms with E-state index in [2.05, 4.69) is 194 Å². The average molecular weight is 711 g/mol. The van der Waals surface area contributed by atoms with E-state index in [0.29, 0.717) is 5.82 Å². The molecule has 0 bridgehead atoms. The number of benzene rings is 9. The van der Waals surface area contributed by atoms with Crippen molar-refractivity contribution in [3.8, 4) is 89.5 Å². The first-order valence-electron chi connectivity index (χ1n) is 19.1. The van der Waals surface area contributed by atoms with Crippen molar-refractivity contribution in [3.63, 3.8) is 0 Å². The smallest absolute Gasteiger partial charge is 0.160 e. The molecule has 9 aromatic carbocycles. The molecule has 0 atom stereocenters. The Hall–Kier alpha value is -7.42. The lowest BCUT2D eigenvalue weighted by molar-refractivity contribution is 1.18. The highest BCUT2D eigenvalue weighted by molar-refractivity contribution is 6.18. The predicted molar refractivity (Wildman–Crippen MR) is 234 cm³/mol. The van der Waals surface area contributed by atoms with Crippen LogP contribution < -0.4 is 0 Å². The van der Waals surface area contributed by atoms with Gasteiger partial charge in [0.1, 0.15) is 0 Å². The molecule has 1 aliphatic rings. The van der Waals surface area contributed by atoms with Crippen molar-refractivity contribution in [3.05, 3.63) is 206 Å². The third-order valence-electron chi connectivity index (χ3n) is 11.2. The first kappa shape index (κ1) is 32.0. The van der Waals surface area contributed by atoms with Crippen LogP contribution in [0.5, 0.6) is 0 Å². The van der Waals surface area contributed by atoms with E-state index in [0.717, 1.165) is 39.2 Å². The minimum absolute atomic E-state index is 0.703. The first-order valence-corrected chi connectivity index (χ1v) is 19.1. The van der Waals surface area contributed by atoms with E-state index in [1.165, 1.54) is 66.1 Å². The van der Waals surface area contributed by atoms with Gasteiger partial charge in [-0.05, 0) is 108 Å². The quantitative estimate of drug-likeness (QED) is 0.172. The van der Waals surface area contributed by atoms with Crippen molar-refractivity contribution < 1.29 is 0 Å². The number of rotatable bonds is 6. The van der Waals surface area contributed by atoms with Gasteiger partial charge in [0.2, 0.25) is 0 Å². The standard InChI is InChI=1S/C54H34N2/c1-3-14-35(15-4-1)51-34-52(36-16-5-2-6-17-36)56-54(55-51)41-22-11-19-37(30-41)42-32-38-18-7-8-23-43(38)50(33-42)40-21-12-20-39(31-40)44-28-29-49-46-25-10-9-24-45(46)48-27-13-26-47(44)53(48)49/h1-34H. The van der Waals surface area contributed by atoms with Crippen LogP contribution >= 0.6 is 0 Å². The van der Waals surface area contributed by atoms with Crippen molar-refractivity contribution in [1.29, 1.82) is 0 Å². The molecule has 0 amide bonds. The zero-order chi connectivity index (χ0) is 37.0. The fourth-order valence-corrected chi connectivity index (χ4v) is 8.56. The largest absolute Gasteiger partial charge is 0.228 e. The van der Waals surface area contributed by atoms with Gasteiger partial charge in [-0.15, -0.1) is 0 Å². The Morgan fingerprint density at radius 1 is 0.250 bits per heavy atom. The summed E-state index contributed by atoms with van der Waals surface area (Å²) in [6.07, 6.45) is 0. The molecule has 260 valence electrons. The van der Waals surface area contributed by atoms with Gasteiger partial charge in [-0.25, -0.2) is 9.97 Å². The van der Waals surface area contributed by atoms with Gasteiger partial charge in [0.25, 0.3) is 0 Å². The summed E-state index contributed by atoms with van der Waals surface area (Å²) in [4.78, 5) is 10.2. The minimum Gasteiger partial charge on any atom is -0.228 e. The molecule has 0 fully saturated rings. The highest BCUT2D eigenvalue weighted by atomic mass is 14.9. The van der Waals surface area contributed by atoms with Crippen LogP contribution in [-0.4, -0.2) is 9.97 Å². The summed E-state index contributed by atoms with van der Waals surface area (Å²) in [5, 5.41) is 5.07. The van der Waals surface area contributed by atoms with Gasteiger partial charge in [-0.1, -0.05) is 176 Å². The Bertz CT molecular complexity index is 3040. The second kappa shape index (κ2) is 13.2. The van der Waals surface area contributed by atoms with Crippen LogP contribution in [0.25, 0.3) is 111 Å². The highest BCUT2D eigenvalue weighted by Gasteiger charge is 2.22. The molecule has 1 aliphatic carbocycles. The van der Waals surface area contributed by atoms with Crippen molar-refractivity contribution >= 4 is 21.5 Å². The number of hydrogen-bond donors (Lipinski definition) is 0. The number of nitrogens with zero attached hydrogens (tertiary/aromatic N) is 2. The molecule has 11 rings (SSSR count). The topological polar surface area (TPSA) is 25.8 Å². The fraction of sp³-hybridized carbons (Fsp3) is 0. The average Bonchev–Trinajstić information content (AvgIpc) is 3.61. The molecule has 1 heterocycles. The summed E-state index contributed by atoms with van der Waals surface area (Å²) in [6.45, 7) is 0. The summed E-state index contributed by atoms with van der Waals surface area (Å²) in [7, 11) is 0. The molecule has 2 heteroatoms. The molecule has 0 N–H and O–H groups in total. The molecule has 0 saturated heterocycles. The van der Waals surface area contributed by atoms with Crippen LogP contribution in [0.3, 0.4) is 0 Å². The van der Waals surface area contributed by atoms with Crippen LogP contribution in [0.2, 0.25) is 0 Å². The van der Waals surface area contributed by atoms with Gasteiger partial charge < -0.3 is 0 Å². The zero-order valence-corrected chi connectivity index (χ0v) is 30.5. The van der Waals surface area contributed by atoms with E-state index in [-0.39, 0.29) is 0 Å². The maximum absolute atomic E-state index is 5.12. The minimum atomic E-state index is 0.703. The van der Waals surface area contributed by atoms with Crippen molar-refractivity contribution in [2.75, 3.05) is 0 Å². The van der Waals surface area contributed by atoms with Gasteiger partial charge in [0, 0.05) is 16.7 Å². The monoisotopic (exact) mass is 710 g/mol. The molecular weight excluding hydrogens is 677 g/mol. The lowest BCUT2D eigenvalue weighted by Gasteiger charge is -2.14. The lowest BCUT2D eigenvalue weighted by Crippen LogP contribution is -1.96. The van der Waals surface area contributed by atoms with E-state index in [9.17, 15) is 0 Å². The Balaban J connectivity index is 1.03. The molecule has 0 saturated carbocycles. The van der Waals surface area contributed by atoms with Gasteiger partial charge >= 0.3 is 0 Å². The SMILES string of the molecule is c1ccc(-c2cc(-c3ccccc3)nc(-c3cccc(-c4cc(-c5cccc(-c6ccc7c8c(cccc68)-c6ccccc6-7)c5)c5ccccc5c4)c3)n2)cc1. The van der Waals surface area contributed by atoms with E-state index >= 15 is 0 Å². The highest BCUT2D eigenvalue weighted by Crippen LogP contribution is 2.49. The van der Waals surface area contributed by atoms with Crippen LogP contribution in [0.15, 0.2) is 206 Å².